The quantitative estimate of drug-likeness (QED) is 0.731. The summed E-state index contributed by atoms with van der Waals surface area (Å²) in [6, 6.07) is 16.1. The van der Waals surface area contributed by atoms with E-state index in [0.717, 1.165) is 29.1 Å². The third-order valence-corrected chi connectivity index (χ3v) is 4.65. The second-order valence-corrected chi connectivity index (χ2v) is 6.82. The number of benzene rings is 2. The first-order valence-electron chi connectivity index (χ1n) is 9.14. The minimum Gasteiger partial charge on any atom is -0.340 e. The molecule has 5 heteroatoms. The zero-order valence-corrected chi connectivity index (χ0v) is 16.4. The second-order valence-electron chi connectivity index (χ2n) is 6.82. The minimum atomic E-state index is -0.0255. The highest BCUT2D eigenvalue weighted by molar-refractivity contribution is 6.00. The molecule has 0 aliphatic carbocycles. The lowest BCUT2D eigenvalue weighted by Crippen LogP contribution is -2.32. The van der Waals surface area contributed by atoms with E-state index in [4.69, 9.17) is 5.10 Å². The van der Waals surface area contributed by atoms with Crippen molar-refractivity contribution in [2.75, 3.05) is 27.2 Å². The molecule has 1 heterocycles. The number of aromatic nitrogens is 2. The molecule has 2 aromatic carbocycles. The maximum absolute atomic E-state index is 13.1. The van der Waals surface area contributed by atoms with E-state index in [-0.39, 0.29) is 5.91 Å². The van der Waals surface area contributed by atoms with Gasteiger partial charge in [0.05, 0.1) is 11.3 Å². The number of carbonyl (C=O) groups excluding carboxylic acids is 1. The van der Waals surface area contributed by atoms with Crippen molar-refractivity contribution in [1.29, 1.82) is 0 Å². The number of nitrogens with one attached hydrogen (secondary N) is 1. The molecular formula is C22H26N4O. The number of carbonyl (C=O) groups is 1. The van der Waals surface area contributed by atoms with Gasteiger partial charge < -0.3 is 10.2 Å². The summed E-state index contributed by atoms with van der Waals surface area (Å²) in [5.74, 6) is -0.0255. The molecule has 0 saturated heterocycles. The molecule has 0 fully saturated rings. The monoisotopic (exact) mass is 362 g/mol. The first-order valence-corrected chi connectivity index (χ1v) is 9.14. The van der Waals surface area contributed by atoms with Crippen molar-refractivity contribution in [2.45, 2.75) is 13.8 Å². The predicted molar refractivity (Wildman–Crippen MR) is 109 cm³/mol. The molecule has 0 aliphatic rings. The lowest BCUT2D eigenvalue weighted by atomic mass is 10.0. The maximum atomic E-state index is 13.1. The molecule has 5 nitrogen and oxygen atoms in total. The third-order valence-electron chi connectivity index (χ3n) is 4.65. The fraction of sp³-hybridized carbons (Fsp3) is 0.273. The number of nitrogens with zero attached hydrogens (tertiary/aromatic N) is 3. The normalized spacial score (nSPS) is 10.8. The van der Waals surface area contributed by atoms with Crippen LogP contribution in [0.2, 0.25) is 0 Å². The van der Waals surface area contributed by atoms with Crippen LogP contribution in [0.4, 0.5) is 0 Å². The van der Waals surface area contributed by atoms with Crippen molar-refractivity contribution in [1.82, 2.24) is 20.0 Å². The smallest absolute Gasteiger partial charge is 0.257 e. The Kier molecular flexibility index (Phi) is 5.72. The summed E-state index contributed by atoms with van der Waals surface area (Å²) in [5.41, 5.74) is 5.56. The maximum Gasteiger partial charge on any atom is 0.257 e. The number of rotatable bonds is 6. The molecule has 1 N–H and O–H groups in total. The standard InChI is InChI=1S/C22H26N4O/c1-16-10-11-19(17(2)14-16)21-20(22(27)25(4)13-12-23-3)15-26(24-21)18-8-6-5-7-9-18/h5-11,14-15,23H,12-13H2,1-4H3. The molecule has 140 valence electrons. The van der Waals surface area contributed by atoms with E-state index in [1.807, 2.05) is 56.7 Å². The topological polar surface area (TPSA) is 50.2 Å². The molecule has 0 aliphatic heterocycles. The minimum absolute atomic E-state index is 0.0255. The molecule has 0 radical (unpaired) electrons. The fourth-order valence-corrected chi connectivity index (χ4v) is 3.11. The third kappa shape index (κ3) is 4.09. The lowest BCUT2D eigenvalue weighted by Gasteiger charge is -2.17. The Morgan fingerprint density at radius 3 is 2.56 bits per heavy atom. The van der Waals surface area contributed by atoms with Crippen LogP contribution in [0.3, 0.4) is 0 Å². The molecule has 0 spiro atoms. The van der Waals surface area contributed by atoms with Gasteiger partial charge in [0, 0.05) is 31.9 Å². The summed E-state index contributed by atoms with van der Waals surface area (Å²) in [7, 11) is 3.71. The molecule has 0 saturated carbocycles. The van der Waals surface area contributed by atoms with E-state index < -0.39 is 0 Å². The van der Waals surface area contributed by atoms with Crippen molar-refractivity contribution < 1.29 is 4.79 Å². The van der Waals surface area contributed by atoms with Gasteiger partial charge >= 0.3 is 0 Å². The molecule has 3 rings (SSSR count). The summed E-state index contributed by atoms with van der Waals surface area (Å²) in [6.07, 6.45) is 1.84. The number of para-hydroxylation sites is 1. The Bertz CT molecular complexity index is 931. The van der Waals surface area contributed by atoms with Crippen LogP contribution in [0.25, 0.3) is 16.9 Å². The second kappa shape index (κ2) is 8.18. The van der Waals surface area contributed by atoms with E-state index in [9.17, 15) is 4.79 Å². The Labute approximate surface area is 160 Å². The van der Waals surface area contributed by atoms with E-state index >= 15 is 0 Å². The van der Waals surface area contributed by atoms with E-state index in [0.29, 0.717) is 12.1 Å². The summed E-state index contributed by atoms with van der Waals surface area (Å²) in [5, 5.41) is 7.86. The van der Waals surface area contributed by atoms with Crippen molar-refractivity contribution in [2.24, 2.45) is 0 Å². The highest BCUT2D eigenvalue weighted by Crippen LogP contribution is 2.28. The average molecular weight is 362 g/mol. The fourth-order valence-electron chi connectivity index (χ4n) is 3.11. The largest absolute Gasteiger partial charge is 0.340 e. The molecule has 0 unspecified atom stereocenters. The average Bonchev–Trinajstić information content (AvgIpc) is 3.11. The highest BCUT2D eigenvalue weighted by atomic mass is 16.2. The number of amides is 1. The molecule has 1 aromatic heterocycles. The molecule has 0 atom stereocenters. The summed E-state index contributed by atoms with van der Waals surface area (Å²) in [4.78, 5) is 14.8. The van der Waals surface area contributed by atoms with Crippen molar-refractivity contribution >= 4 is 5.91 Å². The number of likely N-dealkylation sites (N-methyl/N-ethyl adjacent to an activating group) is 2. The van der Waals surface area contributed by atoms with Gasteiger partial charge in [0.15, 0.2) is 0 Å². The lowest BCUT2D eigenvalue weighted by molar-refractivity contribution is 0.0797. The molecule has 27 heavy (non-hydrogen) atoms. The summed E-state index contributed by atoms with van der Waals surface area (Å²) in [6.45, 7) is 5.51. The van der Waals surface area contributed by atoms with Crippen LogP contribution in [-0.4, -0.2) is 47.8 Å². The SMILES string of the molecule is CNCCN(C)C(=O)c1cn(-c2ccccc2)nc1-c1ccc(C)cc1C. The summed E-state index contributed by atoms with van der Waals surface area (Å²) < 4.78 is 1.79. The zero-order valence-electron chi connectivity index (χ0n) is 16.4. The van der Waals surface area contributed by atoms with Crippen LogP contribution in [-0.2, 0) is 0 Å². The van der Waals surface area contributed by atoms with Gasteiger partial charge in [0.2, 0.25) is 0 Å². The van der Waals surface area contributed by atoms with Crippen molar-refractivity contribution in [3.8, 4) is 16.9 Å². The number of aryl methyl sites for hydroxylation is 2. The van der Waals surface area contributed by atoms with Crippen molar-refractivity contribution in [3.63, 3.8) is 0 Å². The van der Waals surface area contributed by atoms with Crippen LogP contribution < -0.4 is 5.32 Å². The summed E-state index contributed by atoms with van der Waals surface area (Å²) >= 11 is 0. The van der Waals surface area contributed by atoms with Crippen LogP contribution >= 0.6 is 0 Å². The van der Waals surface area contributed by atoms with Crippen LogP contribution in [0.5, 0.6) is 0 Å². The number of hydrogen-bond donors (Lipinski definition) is 1. The Morgan fingerprint density at radius 1 is 1.15 bits per heavy atom. The van der Waals surface area contributed by atoms with E-state index in [1.165, 1.54) is 5.56 Å². The van der Waals surface area contributed by atoms with Crippen LogP contribution in [0.15, 0.2) is 54.7 Å². The Hall–Kier alpha value is -2.92. The Morgan fingerprint density at radius 2 is 1.89 bits per heavy atom. The number of hydrogen-bond acceptors (Lipinski definition) is 3. The van der Waals surface area contributed by atoms with Gasteiger partial charge in [-0.25, -0.2) is 4.68 Å². The van der Waals surface area contributed by atoms with Crippen LogP contribution in [0, 0.1) is 13.8 Å². The van der Waals surface area contributed by atoms with Gasteiger partial charge in [0.25, 0.3) is 5.91 Å². The van der Waals surface area contributed by atoms with E-state index in [2.05, 4.69) is 31.3 Å². The zero-order chi connectivity index (χ0) is 19.4. The van der Waals surface area contributed by atoms with Gasteiger partial charge in [-0.3, -0.25) is 4.79 Å². The van der Waals surface area contributed by atoms with E-state index in [1.54, 1.807) is 9.58 Å². The highest BCUT2D eigenvalue weighted by Gasteiger charge is 2.22. The van der Waals surface area contributed by atoms with Gasteiger partial charge in [0.1, 0.15) is 5.69 Å². The first-order chi connectivity index (χ1) is 13.0. The predicted octanol–water partition coefficient (Wildman–Crippen LogP) is 3.45. The Balaban J connectivity index is 2.09. The molecule has 0 bridgehead atoms. The first kappa shape index (κ1) is 18.9. The molecule has 1 amide bonds. The van der Waals surface area contributed by atoms with Gasteiger partial charge in [-0.2, -0.15) is 5.10 Å². The van der Waals surface area contributed by atoms with Crippen molar-refractivity contribution in [3.05, 3.63) is 71.4 Å². The van der Waals surface area contributed by atoms with Gasteiger partial charge in [-0.1, -0.05) is 42.0 Å². The molecular weight excluding hydrogens is 336 g/mol. The van der Waals surface area contributed by atoms with Gasteiger partial charge in [-0.15, -0.1) is 0 Å². The van der Waals surface area contributed by atoms with Gasteiger partial charge in [-0.05, 0) is 38.6 Å². The molecule has 3 aromatic rings. The van der Waals surface area contributed by atoms with Crippen LogP contribution in [0.1, 0.15) is 21.5 Å².